The number of benzene rings is 1. The van der Waals surface area contributed by atoms with Gasteiger partial charge in [-0.15, -0.1) is 0 Å². The van der Waals surface area contributed by atoms with Crippen LogP contribution in [0.1, 0.15) is 33.0 Å². The SMILES string of the molecule is Cc1oc(C)c(C(=O)c2ccc3c(c2)oc(=O)n3C)c1C. The van der Waals surface area contributed by atoms with E-state index in [0.29, 0.717) is 28.0 Å². The smallest absolute Gasteiger partial charge is 0.419 e. The fraction of sp³-hybridized carbons (Fsp3) is 0.250. The van der Waals surface area contributed by atoms with Gasteiger partial charge < -0.3 is 8.83 Å². The van der Waals surface area contributed by atoms with Gasteiger partial charge in [0.05, 0.1) is 11.1 Å². The first-order valence-electron chi connectivity index (χ1n) is 6.61. The fourth-order valence-corrected chi connectivity index (χ4v) is 2.55. The van der Waals surface area contributed by atoms with Crippen LogP contribution in [0.5, 0.6) is 0 Å². The maximum absolute atomic E-state index is 12.7. The van der Waals surface area contributed by atoms with Crippen molar-refractivity contribution in [3.05, 3.63) is 57.0 Å². The Bertz CT molecular complexity index is 924. The van der Waals surface area contributed by atoms with E-state index >= 15 is 0 Å². The number of oxazole rings is 1. The Morgan fingerprint density at radius 1 is 1.10 bits per heavy atom. The van der Waals surface area contributed by atoms with E-state index in [-0.39, 0.29) is 5.78 Å². The summed E-state index contributed by atoms with van der Waals surface area (Å²) in [6, 6.07) is 5.01. The van der Waals surface area contributed by atoms with Crippen molar-refractivity contribution in [3.8, 4) is 0 Å². The topological polar surface area (TPSA) is 65.3 Å². The van der Waals surface area contributed by atoms with E-state index in [0.717, 1.165) is 11.3 Å². The van der Waals surface area contributed by atoms with Gasteiger partial charge in [0.15, 0.2) is 11.4 Å². The Balaban J connectivity index is 2.16. The Morgan fingerprint density at radius 3 is 2.43 bits per heavy atom. The van der Waals surface area contributed by atoms with Gasteiger partial charge in [-0.25, -0.2) is 4.79 Å². The lowest BCUT2D eigenvalue weighted by Crippen LogP contribution is -2.08. The zero-order valence-electron chi connectivity index (χ0n) is 12.3. The van der Waals surface area contributed by atoms with Crippen molar-refractivity contribution in [1.29, 1.82) is 0 Å². The molecule has 0 aliphatic heterocycles. The third kappa shape index (κ3) is 1.93. The van der Waals surface area contributed by atoms with E-state index in [1.54, 1.807) is 32.2 Å². The highest BCUT2D eigenvalue weighted by Crippen LogP contribution is 2.25. The Labute approximate surface area is 120 Å². The standard InChI is InChI=1S/C16H15NO4/c1-8-9(2)20-10(3)14(8)15(18)11-5-6-12-13(7-11)21-16(19)17(12)4/h5-7H,1-4H3. The molecule has 0 aliphatic carbocycles. The number of carbonyl (C=O) groups excluding carboxylic acids is 1. The largest absolute Gasteiger partial charge is 0.466 e. The monoisotopic (exact) mass is 285 g/mol. The number of furan rings is 1. The number of aromatic nitrogens is 1. The third-order valence-electron chi connectivity index (χ3n) is 3.84. The molecule has 0 amide bonds. The molecule has 1 aromatic carbocycles. The molecular weight excluding hydrogens is 270 g/mol. The molecule has 0 saturated heterocycles. The van der Waals surface area contributed by atoms with Crippen molar-refractivity contribution in [3.63, 3.8) is 0 Å². The lowest BCUT2D eigenvalue weighted by molar-refractivity contribution is 0.103. The summed E-state index contributed by atoms with van der Waals surface area (Å²) in [5, 5.41) is 0. The molecule has 0 saturated carbocycles. The van der Waals surface area contributed by atoms with Crippen molar-refractivity contribution in [2.75, 3.05) is 0 Å². The van der Waals surface area contributed by atoms with Gasteiger partial charge in [0.25, 0.3) is 0 Å². The van der Waals surface area contributed by atoms with Crippen LogP contribution in [-0.2, 0) is 7.05 Å². The summed E-state index contributed by atoms with van der Waals surface area (Å²) in [5.74, 6) is 0.768. The normalized spacial score (nSPS) is 11.2. The Kier molecular flexibility index (Phi) is 2.86. The maximum Gasteiger partial charge on any atom is 0.419 e. The Hall–Kier alpha value is -2.56. The molecule has 0 spiro atoms. The van der Waals surface area contributed by atoms with Gasteiger partial charge in [0, 0.05) is 18.2 Å². The molecule has 0 radical (unpaired) electrons. The molecule has 0 fully saturated rings. The summed E-state index contributed by atoms with van der Waals surface area (Å²) in [7, 11) is 1.63. The first-order chi connectivity index (χ1) is 9.90. The van der Waals surface area contributed by atoms with Gasteiger partial charge in [0.2, 0.25) is 0 Å². The molecule has 2 heterocycles. The lowest BCUT2D eigenvalue weighted by Gasteiger charge is -2.01. The van der Waals surface area contributed by atoms with Gasteiger partial charge in [-0.2, -0.15) is 0 Å². The molecule has 5 nitrogen and oxygen atoms in total. The molecule has 0 aliphatic rings. The second-order valence-corrected chi connectivity index (χ2v) is 5.15. The van der Waals surface area contributed by atoms with Crippen LogP contribution in [-0.4, -0.2) is 10.4 Å². The molecule has 0 atom stereocenters. The molecule has 0 bridgehead atoms. The van der Waals surface area contributed by atoms with Gasteiger partial charge in [-0.05, 0) is 39.0 Å². The highest BCUT2D eigenvalue weighted by molar-refractivity contribution is 6.11. The molecule has 0 N–H and O–H groups in total. The van der Waals surface area contributed by atoms with Crippen LogP contribution in [0.15, 0.2) is 31.8 Å². The number of nitrogens with zero attached hydrogens (tertiary/aromatic N) is 1. The van der Waals surface area contributed by atoms with E-state index in [1.165, 1.54) is 4.57 Å². The summed E-state index contributed by atoms with van der Waals surface area (Å²) in [6.07, 6.45) is 0. The molecule has 3 rings (SSSR count). The minimum Gasteiger partial charge on any atom is -0.466 e. The van der Waals surface area contributed by atoms with Crippen molar-refractivity contribution in [1.82, 2.24) is 4.57 Å². The molecule has 2 aromatic heterocycles. The summed E-state index contributed by atoms with van der Waals surface area (Å²) in [5.41, 5.74) is 2.96. The number of aryl methyl sites for hydroxylation is 3. The van der Waals surface area contributed by atoms with Gasteiger partial charge >= 0.3 is 5.76 Å². The van der Waals surface area contributed by atoms with Crippen LogP contribution in [0.2, 0.25) is 0 Å². The lowest BCUT2D eigenvalue weighted by atomic mass is 9.99. The number of carbonyl (C=O) groups is 1. The minimum absolute atomic E-state index is 0.129. The molecule has 0 unspecified atom stereocenters. The summed E-state index contributed by atoms with van der Waals surface area (Å²) < 4.78 is 12.0. The zero-order valence-corrected chi connectivity index (χ0v) is 12.3. The maximum atomic E-state index is 12.7. The van der Waals surface area contributed by atoms with E-state index in [4.69, 9.17) is 8.83 Å². The second kappa shape index (κ2) is 4.48. The van der Waals surface area contributed by atoms with Gasteiger partial charge in [-0.1, -0.05) is 0 Å². The third-order valence-corrected chi connectivity index (χ3v) is 3.84. The van der Waals surface area contributed by atoms with Gasteiger partial charge in [-0.3, -0.25) is 9.36 Å². The van der Waals surface area contributed by atoms with E-state index in [2.05, 4.69) is 0 Å². The van der Waals surface area contributed by atoms with Crippen LogP contribution in [0.4, 0.5) is 0 Å². The second-order valence-electron chi connectivity index (χ2n) is 5.15. The highest BCUT2D eigenvalue weighted by atomic mass is 16.4. The van der Waals surface area contributed by atoms with Crippen molar-refractivity contribution < 1.29 is 13.6 Å². The number of fused-ring (bicyclic) bond motifs is 1. The minimum atomic E-state index is -0.443. The predicted octanol–water partition coefficient (Wildman–Crippen LogP) is 2.88. The van der Waals surface area contributed by atoms with E-state index in [1.807, 2.05) is 13.8 Å². The van der Waals surface area contributed by atoms with E-state index in [9.17, 15) is 9.59 Å². The molecular formula is C16H15NO4. The van der Waals surface area contributed by atoms with E-state index < -0.39 is 5.76 Å². The molecule has 108 valence electrons. The van der Waals surface area contributed by atoms with Crippen LogP contribution < -0.4 is 5.76 Å². The van der Waals surface area contributed by atoms with Crippen molar-refractivity contribution in [2.24, 2.45) is 7.05 Å². The first-order valence-corrected chi connectivity index (χ1v) is 6.61. The summed E-state index contributed by atoms with van der Waals surface area (Å²) in [6.45, 7) is 5.47. The molecule has 3 aromatic rings. The van der Waals surface area contributed by atoms with Crippen molar-refractivity contribution in [2.45, 2.75) is 20.8 Å². The van der Waals surface area contributed by atoms with Gasteiger partial charge in [0.1, 0.15) is 11.5 Å². The summed E-state index contributed by atoms with van der Waals surface area (Å²) >= 11 is 0. The van der Waals surface area contributed by atoms with Crippen LogP contribution in [0.25, 0.3) is 11.1 Å². The average molecular weight is 285 g/mol. The Morgan fingerprint density at radius 2 is 1.81 bits per heavy atom. The number of hydrogen-bond donors (Lipinski definition) is 0. The quantitative estimate of drug-likeness (QED) is 0.679. The number of ketones is 1. The van der Waals surface area contributed by atoms with Crippen molar-refractivity contribution >= 4 is 16.9 Å². The average Bonchev–Trinajstić information content (AvgIpc) is 2.86. The predicted molar refractivity (Wildman–Crippen MR) is 77.8 cm³/mol. The summed E-state index contributed by atoms with van der Waals surface area (Å²) in [4.78, 5) is 24.1. The fourth-order valence-electron chi connectivity index (χ4n) is 2.55. The molecule has 21 heavy (non-hydrogen) atoms. The molecule has 5 heteroatoms. The van der Waals surface area contributed by atoms with Crippen LogP contribution in [0.3, 0.4) is 0 Å². The van der Waals surface area contributed by atoms with Crippen LogP contribution >= 0.6 is 0 Å². The number of rotatable bonds is 2. The first kappa shape index (κ1) is 13.4. The number of hydrogen-bond acceptors (Lipinski definition) is 4. The highest BCUT2D eigenvalue weighted by Gasteiger charge is 2.21. The van der Waals surface area contributed by atoms with Crippen LogP contribution in [0, 0.1) is 20.8 Å². The zero-order chi connectivity index (χ0) is 15.3.